The van der Waals surface area contributed by atoms with Gasteiger partial charge in [0.15, 0.2) is 0 Å². The number of amides is 1. The van der Waals surface area contributed by atoms with Crippen LogP contribution in [-0.2, 0) is 11.2 Å². The van der Waals surface area contributed by atoms with Gasteiger partial charge in [0.25, 0.3) is 0 Å². The van der Waals surface area contributed by atoms with Crippen LogP contribution in [0.15, 0.2) is 6.20 Å². The van der Waals surface area contributed by atoms with Gasteiger partial charge in [-0.3, -0.25) is 10.2 Å². The normalized spacial score (nSPS) is 9.55. The maximum Gasteiger partial charge on any atom is 0.234 e. The SMILES string of the molecule is NNC(=O)CCc1cn[nH]n1. The number of carbonyl (C=O) groups excluding carboxylic acids is 1. The van der Waals surface area contributed by atoms with Crippen molar-refractivity contribution in [1.82, 2.24) is 20.8 Å². The monoisotopic (exact) mass is 155 g/mol. The lowest BCUT2D eigenvalue weighted by molar-refractivity contribution is -0.121. The van der Waals surface area contributed by atoms with E-state index in [0.717, 1.165) is 5.69 Å². The lowest BCUT2D eigenvalue weighted by Crippen LogP contribution is -2.30. The molecule has 6 heteroatoms. The van der Waals surface area contributed by atoms with Crippen LogP contribution in [0.25, 0.3) is 0 Å². The molecule has 0 atom stereocenters. The Morgan fingerprint density at radius 3 is 3.18 bits per heavy atom. The third kappa shape index (κ3) is 2.34. The maximum atomic E-state index is 10.6. The molecule has 6 nitrogen and oxygen atoms in total. The lowest BCUT2D eigenvalue weighted by Gasteiger charge is -1.94. The Balaban J connectivity index is 2.29. The zero-order chi connectivity index (χ0) is 8.10. The van der Waals surface area contributed by atoms with Crippen LogP contribution in [0.5, 0.6) is 0 Å². The first kappa shape index (κ1) is 7.67. The zero-order valence-corrected chi connectivity index (χ0v) is 5.87. The Kier molecular flexibility index (Phi) is 2.56. The number of aromatic nitrogens is 3. The van der Waals surface area contributed by atoms with Crippen molar-refractivity contribution in [2.75, 3.05) is 0 Å². The van der Waals surface area contributed by atoms with Gasteiger partial charge in [-0.05, 0) is 0 Å². The van der Waals surface area contributed by atoms with Crippen molar-refractivity contribution in [3.8, 4) is 0 Å². The zero-order valence-electron chi connectivity index (χ0n) is 5.87. The minimum Gasteiger partial charge on any atom is -0.294 e. The average molecular weight is 155 g/mol. The first-order valence-corrected chi connectivity index (χ1v) is 3.17. The van der Waals surface area contributed by atoms with E-state index in [1.54, 1.807) is 6.20 Å². The number of aromatic amines is 1. The number of hydrogen-bond donors (Lipinski definition) is 3. The van der Waals surface area contributed by atoms with Crippen molar-refractivity contribution in [2.24, 2.45) is 5.84 Å². The number of carbonyl (C=O) groups is 1. The quantitative estimate of drug-likeness (QED) is 0.288. The second-order valence-corrected chi connectivity index (χ2v) is 2.03. The number of nitrogens with zero attached hydrogens (tertiary/aromatic N) is 2. The highest BCUT2D eigenvalue weighted by molar-refractivity contribution is 5.75. The van der Waals surface area contributed by atoms with Crippen LogP contribution in [0.4, 0.5) is 0 Å². The van der Waals surface area contributed by atoms with Gasteiger partial charge >= 0.3 is 0 Å². The summed E-state index contributed by atoms with van der Waals surface area (Å²) in [5, 5.41) is 9.80. The van der Waals surface area contributed by atoms with E-state index in [0.29, 0.717) is 12.8 Å². The molecule has 1 aromatic heterocycles. The molecular weight excluding hydrogens is 146 g/mol. The standard InChI is InChI=1S/C5H9N5O/c6-8-5(11)2-1-4-3-7-10-9-4/h3H,1-2,6H2,(H,8,11)(H,7,9,10). The van der Waals surface area contributed by atoms with Crippen LogP contribution in [0.3, 0.4) is 0 Å². The lowest BCUT2D eigenvalue weighted by atomic mass is 10.2. The summed E-state index contributed by atoms with van der Waals surface area (Å²) in [5.41, 5.74) is 2.79. The Morgan fingerprint density at radius 1 is 1.82 bits per heavy atom. The van der Waals surface area contributed by atoms with Crippen LogP contribution in [-0.4, -0.2) is 21.3 Å². The molecule has 0 aliphatic heterocycles. The molecule has 1 rings (SSSR count). The number of H-pyrrole nitrogens is 1. The molecule has 0 unspecified atom stereocenters. The van der Waals surface area contributed by atoms with Gasteiger partial charge < -0.3 is 0 Å². The van der Waals surface area contributed by atoms with Crippen molar-refractivity contribution in [1.29, 1.82) is 0 Å². The molecule has 4 N–H and O–H groups in total. The van der Waals surface area contributed by atoms with Crippen LogP contribution >= 0.6 is 0 Å². The van der Waals surface area contributed by atoms with Crippen molar-refractivity contribution >= 4 is 5.91 Å². The number of rotatable bonds is 3. The van der Waals surface area contributed by atoms with Gasteiger partial charge in [-0.2, -0.15) is 15.4 Å². The van der Waals surface area contributed by atoms with Gasteiger partial charge in [-0.1, -0.05) is 0 Å². The van der Waals surface area contributed by atoms with E-state index in [1.807, 2.05) is 5.43 Å². The van der Waals surface area contributed by atoms with E-state index in [-0.39, 0.29) is 5.91 Å². The van der Waals surface area contributed by atoms with Crippen LogP contribution < -0.4 is 11.3 Å². The molecule has 60 valence electrons. The second-order valence-electron chi connectivity index (χ2n) is 2.03. The number of nitrogens with two attached hydrogens (primary N) is 1. The number of hydrazine groups is 1. The highest BCUT2D eigenvalue weighted by Crippen LogP contribution is 1.93. The molecule has 1 amide bonds. The summed E-state index contributed by atoms with van der Waals surface area (Å²) in [6.07, 6.45) is 2.46. The second kappa shape index (κ2) is 3.67. The number of hydrogen-bond acceptors (Lipinski definition) is 4. The Morgan fingerprint density at radius 2 is 2.64 bits per heavy atom. The van der Waals surface area contributed by atoms with Crippen molar-refractivity contribution in [3.05, 3.63) is 11.9 Å². The molecular formula is C5H9N5O. The van der Waals surface area contributed by atoms with Crippen LogP contribution in [0, 0.1) is 0 Å². The molecule has 11 heavy (non-hydrogen) atoms. The molecule has 0 radical (unpaired) electrons. The largest absolute Gasteiger partial charge is 0.294 e. The van der Waals surface area contributed by atoms with E-state index < -0.39 is 0 Å². The highest BCUT2D eigenvalue weighted by Gasteiger charge is 2.00. The first-order valence-electron chi connectivity index (χ1n) is 3.17. The summed E-state index contributed by atoms with van der Waals surface area (Å²) >= 11 is 0. The molecule has 0 aliphatic carbocycles. The summed E-state index contributed by atoms with van der Waals surface area (Å²) < 4.78 is 0. The molecule has 0 saturated heterocycles. The Hall–Kier alpha value is -1.43. The van der Waals surface area contributed by atoms with E-state index in [4.69, 9.17) is 5.84 Å². The van der Waals surface area contributed by atoms with Gasteiger partial charge in [0.05, 0.1) is 11.9 Å². The van der Waals surface area contributed by atoms with Crippen LogP contribution in [0.2, 0.25) is 0 Å². The van der Waals surface area contributed by atoms with E-state index >= 15 is 0 Å². The fourth-order valence-corrected chi connectivity index (χ4v) is 0.660. The van der Waals surface area contributed by atoms with Crippen molar-refractivity contribution in [2.45, 2.75) is 12.8 Å². The van der Waals surface area contributed by atoms with Gasteiger partial charge in [-0.15, -0.1) is 0 Å². The van der Waals surface area contributed by atoms with Crippen molar-refractivity contribution in [3.63, 3.8) is 0 Å². The third-order valence-corrected chi connectivity index (χ3v) is 1.23. The minimum atomic E-state index is -0.201. The van der Waals surface area contributed by atoms with E-state index in [9.17, 15) is 4.79 Å². The maximum absolute atomic E-state index is 10.6. The van der Waals surface area contributed by atoms with E-state index in [1.165, 1.54) is 0 Å². The Labute approximate surface area is 63.1 Å². The predicted molar refractivity (Wildman–Crippen MR) is 37.0 cm³/mol. The van der Waals surface area contributed by atoms with Gasteiger partial charge in [0, 0.05) is 12.8 Å². The number of nitrogens with one attached hydrogen (secondary N) is 2. The smallest absolute Gasteiger partial charge is 0.234 e. The molecule has 0 bridgehead atoms. The summed E-state index contributed by atoms with van der Waals surface area (Å²) in [4.78, 5) is 10.6. The van der Waals surface area contributed by atoms with E-state index in [2.05, 4.69) is 15.4 Å². The minimum absolute atomic E-state index is 0.201. The first-order chi connectivity index (χ1) is 5.33. The molecule has 0 saturated carbocycles. The predicted octanol–water partition coefficient (Wildman–Crippen LogP) is -1.27. The fraction of sp³-hybridized carbons (Fsp3) is 0.400. The molecule has 1 aromatic rings. The summed E-state index contributed by atoms with van der Waals surface area (Å²) in [5.74, 6) is 4.67. The summed E-state index contributed by atoms with van der Waals surface area (Å²) in [6, 6.07) is 0. The molecule has 0 spiro atoms. The van der Waals surface area contributed by atoms with Gasteiger partial charge in [-0.25, -0.2) is 5.84 Å². The van der Waals surface area contributed by atoms with Gasteiger partial charge in [0.2, 0.25) is 5.91 Å². The molecule has 0 aromatic carbocycles. The summed E-state index contributed by atoms with van der Waals surface area (Å²) in [6.45, 7) is 0. The molecule has 1 heterocycles. The topological polar surface area (TPSA) is 96.7 Å². The van der Waals surface area contributed by atoms with Crippen molar-refractivity contribution < 1.29 is 4.79 Å². The third-order valence-electron chi connectivity index (χ3n) is 1.23. The molecule has 0 aliphatic rings. The Bertz CT molecular complexity index is 219. The fourth-order valence-electron chi connectivity index (χ4n) is 0.660. The highest BCUT2D eigenvalue weighted by atomic mass is 16.2. The average Bonchev–Trinajstić information content (AvgIpc) is 2.52. The van der Waals surface area contributed by atoms with Crippen LogP contribution in [0.1, 0.15) is 12.1 Å². The number of aryl methyl sites for hydroxylation is 1. The summed E-state index contributed by atoms with van der Waals surface area (Å²) in [7, 11) is 0. The van der Waals surface area contributed by atoms with Gasteiger partial charge in [0.1, 0.15) is 0 Å². The molecule has 0 fully saturated rings.